The molecule has 1 amide bonds. The highest BCUT2D eigenvalue weighted by Crippen LogP contribution is 2.17. The third kappa shape index (κ3) is 4.54. The van der Waals surface area contributed by atoms with Gasteiger partial charge < -0.3 is 4.90 Å². The highest BCUT2D eigenvalue weighted by Gasteiger charge is 2.32. The second kappa shape index (κ2) is 7.45. The topological polar surface area (TPSA) is 66.5 Å². The summed E-state index contributed by atoms with van der Waals surface area (Å²) in [6.45, 7) is 7.07. The fraction of sp³-hybridized carbons (Fsp3) is 0.588. The van der Waals surface area contributed by atoms with Crippen molar-refractivity contribution >= 4 is 15.9 Å². The number of hydrogen-bond acceptors (Lipinski definition) is 3. The van der Waals surface area contributed by atoms with Crippen molar-refractivity contribution in [2.24, 2.45) is 5.92 Å². The van der Waals surface area contributed by atoms with Crippen molar-refractivity contribution in [3.05, 3.63) is 29.8 Å². The lowest BCUT2D eigenvalue weighted by molar-refractivity contribution is -0.134. The Labute approximate surface area is 139 Å². The maximum atomic E-state index is 12.7. The van der Waals surface area contributed by atoms with E-state index in [9.17, 15) is 13.2 Å². The zero-order chi connectivity index (χ0) is 17.0. The predicted molar refractivity (Wildman–Crippen MR) is 90.6 cm³/mol. The van der Waals surface area contributed by atoms with Gasteiger partial charge >= 0.3 is 0 Å². The zero-order valence-electron chi connectivity index (χ0n) is 14.1. The molecule has 1 fully saturated rings. The molecule has 0 unspecified atom stereocenters. The predicted octanol–water partition coefficient (Wildman–Crippen LogP) is 2.31. The van der Waals surface area contributed by atoms with Gasteiger partial charge in [-0.2, -0.15) is 4.72 Å². The largest absolute Gasteiger partial charge is 0.341 e. The summed E-state index contributed by atoms with van der Waals surface area (Å²) < 4.78 is 27.7. The summed E-state index contributed by atoms with van der Waals surface area (Å²) in [4.78, 5) is 14.7. The van der Waals surface area contributed by atoms with Crippen LogP contribution in [0.4, 0.5) is 0 Å². The fourth-order valence-electron chi connectivity index (χ4n) is 2.74. The number of sulfonamides is 1. The van der Waals surface area contributed by atoms with Gasteiger partial charge in [-0.15, -0.1) is 0 Å². The Kier molecular flexibility index (Phi) is 5.81. The lowest BCUT2D eigenvalue weighted by atomic mass is 10.0. The van der Waals surface area contributed by atoms with Crippen LogP contribution in [-0.4, -0.2) is 38.4 Å². The van der Waals surface area contributed by atoms with Gasteiger partial charge in [-0.05, 0) is 44.2 Å². The van der Waals surface area contributed by atoms with Gasteiger partial charge in [-0.25, -0.2) is 8.42 Å². The van der Waals surface area contributed by atoms with Crippen LogP contribution in [0.5, 0.6) is 0 Å². The smallest absolute Gasteiger partial charge is 0.241 e. The Bertz CT molecular complexity index is 632. The van der Waals surface area contributed by atoms with Crippen LogP contribution in [0, 0.1) is 12.8 Å². The molecule has 5 nitrogen and oxygen atoms in total. The fourth-order valence-corrected chi connectivity index (χ4v) is 4.07. The molecule has 23 heavy (non-hydrogen) atoms. The third-order valence-corrected chi connectivity index (χ3v) is 5.67. The van der Waals surface area contributed by atoms with Crippen molar-refractivity contribution in [1.29, 1.82) is 0 Å². The molecular formula is C17H26N2O3S. The standard InChI is InChI=1S/C17H26N2O3S/c1-13(2)16(17(20)19-11-5-4-6-12-19)18-23(21,22)15-9-7-14(3)8-10-15/h7-10,13,16,18H,4-6,11-12H2,1-3H3/t16-/m0/s1. The zero-order valence-corrected chi connectivity index (χ0v) is 14.9. The van der Waals surface area contributed by atoms with Crippen LogP contribution in [0.15, 0.2) is 29.2 Å². The number of hydrogen-bond donors (Lipinski definition) is 1. The summed E-state index contributed by atoms with van der Waals surface area (Å²) in [6.07, 6.45) is 3.10. The monoisotopic (exact) mass is 338 g/mol. The summed E-state index contributed by atoms with van der Waals surface area (Å²) in [5, 5.41) is 0. The highest BCUT2D eigenvalue weighted by molar-refractivity contribution is 7.89. The number of amides is 1. The first-order valence-electron chi connectivity index (χ1n) is 8.19. The van der Waals surface area contributed by atoms with Crippen molar-refractivity contribution in [2.75, 3.05) is 13.1 Å². The molecule has 0 spiro atoms. The molecule has 0 radical (unpaired) electrons. The summed E-state index contributed by atoms with van der Waals surface area (Å²) in [7, 11) is -3.70. The van der Waals surface area contributed by atoms with Gasteiger partial charge in [0.05, 0.1) is 4.90 Å². The molecule has 6 heteroatoms. The van der Waals surface area contributed by atoms with E-state index in [1.165, 1.54) is 0 Å². The average Bonchev–Trinajstić information content (AvgIpc) is 2.53. The normalized spacial score (nSPS) is 17.3. The van der Waals surface area contributed by atoms with E-state index in [-0.39, 0.29) is 16.7 Å². The van der Waals surface area contributed by atoms with Gasteiger partial charge in [0, 0.05) is 13.1 Å². The Morgan fingerprint density at radius 3 is 2.17 bits per heavy atom. The second-order valence-corrected chi connectivity index (χ2v) is 8.26. The number of piperidine rings is 1. The molecule has 1 atom stereocenters. The van der Waals surface area contributed by atoms with Crippen LogP contribution < -0.4 is 4.72 Å². The van der Waals surface area contributed by atoms with Crippen LogP contribution in [0.25, 0.3) is 0 Å². The number of benzene rings is 1. The molecule has 0 bridgehead atoms. The van der Waals surface area contributed by atoms with Crippen molar-refractivity contribution in [3.8, 4) is 0 Å². The minimum atomic E-state index is -3.70. The van der Waals surface area contributed by atoms with E-state index < -0.39 is 16.1 Å². The number of rotatable bonds is 5. The minimum absolute atomic E-state index is 0.107. The molecule has 1 aromatic rings. The van der Waals surface area contributed by atoms with Crippen LogP contribution >= 0.6 is 0 Å². The van der Waals surface area contributed by atoms with Crippen molar-refractivity contribution in [1.82, 2.24) is 9.62 Å². The van der Waals surface area contributed by atoms with Crippen LogP contribution in [0.1, 0.15) is 38.7 Å². The Hall–Kier alpha value is -1.40. The Balaban J connectivity index is 2.17. The van der Waals surface area contributed by atoms with Crippen LogP contribution in [0.2, 0.25) is 0 Å². The number of nitrogens with one attached hydrogen (secondary N) is 1. The first-order chi connectivity index (χ1) is 10.8. The third-order valence-electron chi connectivity index (χ3n) is 4.21. The molecule has 1 aliphatic rings. The van der Waals surface area contributed by atoms with Gasteiger partial charge in [0.25, 0.3) is 0 Å². The quantitative estimate of drug-likeness (QED) is 0.896. The maximum absolute atomic E-state index is 12.7. The molecule has 1 N–H and O–H groups in total. The van der Waals surface area contributed by atoms with Crippen molar-refractivity contribution < 1.29 is 13.2 Å². The van der Waals surface area contributed by atoms with Gasteiger partial charge in [0.2, 0.25) is 15.9 Å². The molecule has 0 saturated carbocycles. The maximum Gasteiger partial charge on any atom is 0.241 e. The summed E-state index contributed by atoms with van der Waals surface area (Å²) in [5.41, 5.74) is 0.994. The van der Waals surface area contributed by atoms with E-state index in [2.05, 4.69) is 4.72 Å². The lowest BCUT2D eigenvalue weighted by Gasteiger charge is -2.32. The number of carbonyl (C=O) groups excluding carboxylic acids is 1. The summed E-state index contributed by atoms with van der Waals surface area (Å²) in [5.74, 6) is -0.222. The van der Waals surface area contributed by atoms with E-state index in [1.54, 1.807) is 29.2 Å². The second-order valence-electron chi connectivity index (χ2n) is 6.54. The first-order valence-corrected chi connectivity index (χ1v) is 9.67. The van der Waals surface area contributed by atoms with Gasteiger partial charge in [0.15, 0.2) is 0 Å². The first kappa shape index (κ1) is 17.9. The Morgan fingerprint density at radius 2 is 1.65 bits per heavy atom. The summed E-state index contributed by atoms with van der Waals surface area (Å²) in [6, 6.07) is 5.93. The summed E-state index contributed by atoms with van der Waals surface area (Å²) >= 11 is 0. The number of nitrogens with zero attached hydrogens (tertiary/aromatic N) is 1. The van der Waals surface area contributed by atoms with Crippen molar-refractivity contribution in [3.63, 3.8) is 0 Å². The van der Waals surface area contributed by atoms with Gasteiger partial charge in [0.1, 0.15) is 6.04 Å². The van der Waals surface area contributed by atoms with Crippen LogP contribution in [0.3, 0.4) is 0 Å². The number of likely N-dealkylation sites (tertiary alicyclic amines) is 1. The van der Waals surface area contributed by atoms with E-state index in [4.69, 9.17) is 0 Å². The average molecular weight is 338 g/mol. The molecule has 0 aromatic heterocycles. The van der Waals surface area contributed by atoms with Gasteiger partial charge in [-0.3, -0.25) is 4.79 Å². The van der Waals surface area contributed by atoms with E-state index in [0.29, 0.717) is 13.1 Å². The number of aryl methyl sites for hydroxylation is 1. The molecule has 1 saturated heterocycles. The van der Waals surface area contributed by atoms with Crippen molar-refractivity contribution in [2.45, 2.75) is 51.0 Å². The van der Waals surface area contributed by atoms with Gasteiger partial charge in [-0.1, -0.05) is 31.5 Å². The minimum Gasteiger partial charge on any atom is -0.341 e. The lowest BCUT2D eigenvalue weighted by Crippen LogP contribution is -2.52. The van der Waals surface area contributed by atoms with E-state index in [1.807, 2.05) is 20.8 Å². The SMILES string of the molecule is Cc1ccc(S(=O)(=O)N[C@H](C(=O)N2CCCCC2)C(C)C)cc1. The molecule has 1 aromatic carbocycles. The molecule has 1 heterocycles. The number of carbonyl (C=O) groups is 1. The molecule has 1 aliphatic heterocycles. The van der Waals surface area contributed by atoms with Crippen LogP contribution in [-0.2, 0) is 14.8 Å². The van der Waals surface area contributed by atoms with E-state index >= 15 is 0 Å². The van der Waals surface area contributed by atoms with E-state index in [0.717, 1.165) is 24.8 Å². The molecule has 128 valence electrons. The molecule has 0 aliphatic carbocycles. The highest BCUT2D eigenvalue weighted by atomic mass is 32.2. The Morgan fingerprint density at radius 1 is 1.09 bits per heavy atom. The molecule has 2 rings (SSSR count). The molecular weight excluding hydrogens is 312 g/mol.